The quantitative estimate of drug-likeness (QED) is 0.0698. The molecule has 0 bridgehead atoms. The summed E-state index contributed by atoms with van der Waals surface area (Å²) >= 11 is 0. The Labute approximate surface area is 231 Å². The molecule has 0 aliphatic carbocycles. The molecule has 2 N–H and O–H groups in total. The van der Waals surface area contributed by atoms with Crippen molar-refractivity contribution in [3.05, 3.63) is 0 Å². The van der Waals surface area contributed by atoms with Crippen LogP contribution in [0.5, 0.6) is 0 Å². The fraction of sp³-hybridized carbons (Fsp3) is 0.969. The smallest absolute Gasteiger partial charge is 0.324 e. The average Bonchev–Trinajstić information content (AvgIpc) is 2.87. The van der Waals surface area contributed by atoms with Crippen LogP contribution >= 0.6 is 7.60 Å². The first kappa shape index (κ1) is 36.8. The summed E-state index contributed by atoms with van der Waals surface area (Å²) in [6.45, 7) is 4.51. The van der Waals surface area contributed by atoms with E-state index in [0.29, 0.717) is 12.8 Å². The summed E-state index contributed by atoms with van der Waals surface area (Å²) in [5.41, 5.74) is 0. The van der Waals surface area contributed by atoms with Crippen molar-refractivity contribution >= 4 is 13.9 Å². The zero-order valence-corrected chi connectivity index (χ0v) is 25.9. The molecule has 1 atom stereocenters. The van der Waals surface area contributed by atoms with Gasteiger partial charge < -0.3 is 9.79 Å². The SMILES string of the molecule is CCCCCCCCCCCCCCCCC([C]=O)(CCCCCCCCCCCCCC)P(=O)(O)O. The standard InChI is InChI=1S/C32H64O4P/c1-3-5-7-9-11-13-15-17-18-20-22-24-26-28-30-32(31-33,37(34,35)36)29-27-25-23-21-19-16-14-12-10-8-6-4-2/h3-30H2,1-2H3,(H2,34,35,36). The van der Waals surface area contributed by atoms with Crippen molar-refractivity contribution in [3.63, 3.8) is 0 Å². The minimum atomic E-state index is -4.50. The number of hydrogen-bond donors (Lipinski definition) is 2. The maximum Gasteiger partial charge on any atom is 0.339 e. The van der Waals surface area contributed by atoms with Crippen molar-refractivity contribution in [1.82, 2.24) is 0 Å². The highest BCUT2D eigenvalue weighted by molar-refractivity contribution is 7.54. The Bertz CT molecular complexity index is 533. The lowest BCUT2D eigenvalue weighted by Crippen LogP contribution is -2.31. The Balaban J connectivity index is 3.87. The fourth-order valence-corrected chi connectivity index (χ4v) is 6.47. The van der Waals surface area contributed by atoms with Crippen LogP contribution in [0, 0.1) is 0 Å². The predicted molar refractivity (Wildman–Crippen MR) is 161 cm³/mol. The number of carbonyl (C=O) groups excluding carboxylic acids is 1. The molecule has 0 saturated carbocycles. The largest absolute Gasteiger partial charge is 0.339 e. The van der Waals surface area contributed by atoms with Crippen LogP contribution in [0.1, 0.15) is 194 Å². The zero-order valence-electron chi connectivity index (χ0n) is 25.0. The summed E-state index contributed by atoms with van der Waals surface area (Å²) in [7, 11) is -4.50. The molecule has 0 saturated heterocycles. The van der Waals surface area contributed by atoms with Gasteiger partial charge in [-0.3, -0.25) is 9.36 Å². The summed E-state index contributed by atoms with van der Waals surface area (Å²) in [6.07, 6.45) is 34.2. The van der Waals surface area contributed by atoms with Gasteiger partial charge in [-0.1, -0.05) is 181 Å². The molecule has 1 unspecified atom stereocenters. The second kappa shape index (κ2) is 26.1. The molecule has 0 rings (SSSR count). The van der Waals surface area contributed by atoms with Gasteiger partial charge in [-0.15, -0.1) is 0 Å². The molecule has 221 valence electrons. The molecule has 0 spiro atoms. The van der Waals surface area contributed by atoms with Crippen molar-refractivity contribution < 1.29 is 19.1 Å². The molecular weight excluding hydrogens is 479 g/mol. The van der Waals surface area contributed by atoms with Crippen LogP contribution in [0.4, 0.5) is 0 Å². The zero-order chi connectivity index (χ0) is 27.5. The third kappa shape index (κ3) is 21.3. The molecule has 5 heteroatoms. The van der Waals surface area contributed by atoms with E-state index in [-0.39, 0.29) is 12.8 Å². The molecule has 0 amide bonds. The Morgan fingerprint density at radius 3 is 0.865 bits per heavy atom. The van der Waals surface area contributed by atoms with Gasteiger partial charge in [0.1, 0.15) is 5.16 Å². The van der Waals surface area contributed by atoms with E-state index in [1.54, 1.807) is 0 Å². The van der Waals surface area contributed by atoms with Crippen molar-refractivity contribution in [3.8, 4) is 0 Å². The molecule has 37 heavy (non-hydrogen) atoms. The summed E-state index contributed by atoms with van der Waals surface area (Å²) in [5, 5.41) is -1.58. The molecule has 0 aromatic rings. The third-order valence-corrected chi connectivity index (χ3v) is 9.79. The molecule has 0 aliphatic rings. The van der Waals surface area contributed by atoms with Gasteiger partial charge >= 0.3 is 7.60 Å². The van der Waals surface area contributed by atoms with Gasteiger partial charge in [0.15, 0.2) is 0 Å². The molecular formula is C32H64O4P. The maximum absolute atomic E-state index is 12.2. The highest BCUT2D eigenvalue weighted by Gasteiger charge is 2.46. The van der Waals surface area contributed by atoms with Crippen molar-refractivity contribution in [2.24, 2.45) is 0 Å². The van der Waals surface area contributed by atoms with E-state index >= 15 is 0 Å². The van der Waals surface area contributed by atoms with Gasteiger partial charge in [0, 0.05) is 0 Å². The molecule has 1 radical (unpaired) electrons. The van der Waals surface area contributed by atoms with Gasteiger partial charge in [-0.2, -0.15) is 0 Å². The number of unbranched alkanes of at least 4 members (excludes halogenated alkanes) is 24. The van der Waals surface area contributed by atoms with Crippen LogP contribution in [0.3, 0.4) is 0 Å². The van der Waals surface area contributed by atoms with E-state index in [4.69, 9.17) is 0 Å². The van der Waals surface area contributed by atoms with Crippen molar-refractivity contribution in [1.29, 1.82) is 0 Å². The van der Waals surface area contributed by atoms with Gasteiger partial charge in [0.05, 0.1) is 0 Å². The Morgan fingerprint density at radius 2 is 0.676 bits per heavy atom. The third-order valence-electron chi connectivity index (χ3n) is 8.14. The molecule has 4 nitrogen and oxygen atoms in total. The van der Waals surface area contributed by atoms with Crippen LogP contribution in [0.25, 0.3) is 0 Å². The first-order valence-corrected chi connectivity index (χ1v) is 18.0. The first-order valence-electron chi connectivity index (χ1n) is 16.4. The van der Waals surface area contributed by atoms with Crippen molar-refractivity contribution in [2.45, 2.75) is 199 Å². The Hall–Kier alpha value is -0.180. The van der Waals surface area contributed by atoms with Crippen LogP contribution in [0.2, 0.25) is 0 Å². The van der Waals surface area contributed by atoms with Crippen molar-refractivity contribution in [2.75, 3.05) is 0 Å². The van der Waals surface area contributed by atoms with Gasteiger partial charge in [-0.25, -0.2) is 0 Å². The molecule has 0 aromatic heterocycles. The van der Waals surface area contributed by atoms with E-state index < -0.39 is 12.8 Å². The van der Waals surface area contributed by atoms with Crippen LogP contribution < -0.4 is 0 Å². The van der Waals surface area contributed by atoms with E-state index in [0.717, 1.165) is 25.7 Å². The van der Waals surface area contributed by atoms with E-state index in [1.165, 1.54) is 128 Å². The normalized spacial score (nSPS) is 13.6. The van der Waals surface area contributed by atoms with Gasteiger partial charge in [-0.05, 0) is 12.8 Å². The van der Waals surface area contributed by atoms with Crippen LogP contribution in [-0.4, -0.2) is 21.2 Å². The minimum Gasteiger partial charge on any atom is -0.324 e. The van der Waals surface area contributed by atoms with E-state index in [2.05, 4.69) is 13.8 Å². The van der Waals surface area contributed by atoms with Gasteiger partial charge in [0.25, 0.3) is 0 Å². The summed E-state index contributed by atoms with van der Waals surface area (Å²) in [5.74, 6) is 0. The highest BCUT2D eigenvalue weighted by atomic mass is 31.2. The number of rotatable bonds is 30. The van der Waals surface area contributed by atoms with E-state index in [9.17, 15) is 19.1 Å². The Morgan fingerprint density at radius 1 is 0.459 bits per heavy atom. The second-order valence-electron chi connectivity index (χ2n) is 11.7. The molecule has 0 aromatic carbocycles. The van der Waals surface area contributed by atoms with Crippen LogP contribution in [0.15, 0.2) is 0 Å². The molecule has 0 aliphatic heterocycles. The molecule has 0 fully saturated rings. The Kier molecular flexibility index (Phi) is 25.9. The lowest BCUT2D eigenvalue weighted by Gasteiger charge is -2.28. The molecule has 0 heterocycles. The maximum atomic E-state index is 12.2. The highest BCUT2D eigenvalue weighted by Crippen LogP contribution is 2.54. The minimum absolute atomic E-state index is 0.274. The second-order valence-corrected chi connectivity index (χ2v) is 13.6. The predicted octanol–water partition coefficient (Wildman–Crippen LogP) is 11.0. The topological polar surface area (TPSA) is 74.6 Å². The monoisotopic (exact) mass is 543 g/mol. The lowest BCUT2D eigenvalue weighted by atomic mass is 9.94. The first-order chi connectivity index (χ1) is 17.9. The number of hydrogen-bond acceptors (Lipinski definition) is 2. The van der Waals surface area contributed by atoms with Crippen LogP contribution in [-0.2, 0) is 9.36 Å². The van der Waals surface area contributed by atoms with E-state index in [1.807, 2.05) is 6.29 Å². The lowest BCUT2D eigenvalue weighted by molar-refractivity contribution is 0.323. The summed E-state index contributed by atoms with van der Waals surface area (Å²) in [4.78, 5) is 31.7. The summed E-state index contributed by atoms with van der Waals surface area (Å²) < 4.78 is 12.2. The van der Waals surface area contributed by atoms with Gasteiger partial charge in [0.2, 0.25) is 6.29 Å². The fourth-order valence-electron chi connectivity index (χ4n) is 5.45. The summed E-state index contributed by atoms with van der Waals surface area (Å²) in [6, 6.07) is 0. The average molecular weight is 544 g/mol.